The smallest absolute Gasteiger partial charge is 0.271 e. The highest BCUT2D eigenvalue weighted by Gasteiger charge is 2.14. The van der Waals surface area contributed by atoms with E-state index in [1.54, 1.807) is 48.5 Å². The van der Waals surface area contributed by atoms with Gasteiger partial charge in [-0.25, -0.2) is 5.43 Å². The lowest BCUT2D eigenvalue weighted by Crippen LogP contribution is -2.17. The number of halogens is 3. The lowest BCUT2D eigenvalue weighted by molar-refractivity contribution is 0.0954. The number of hydrogen-bond acceptors (Lipinski definition) is 6. The van der Waals surface area contributed by atoms with Crippen molar-refractivity contribution in [1.82, 2.24) is 5.43 Å². The average molecular weight is 600 g/mol. The number of ether oxygens (including phenoxy) is 4. The zero-order chi connectivity index (χ0) is 28.5. The molecule has 0 fully saturated rings. The number of hydrogen-bond donors (Lipinski definition) is 1. The van der Waals surface area contributed by atoms with E-state index in [9.17, 15) is 4.79 Å². The maximum absolute atomic E-state index is 12.7. The molecule has 0 atom stereocenters. The van der Waals surface area contributed by atoms with Gasteiger partial charge in [0, 0.05) is 21.2 Å². The Morgan fingerprint density at radius 1 is 0.800 bits per heavy atom. The van der Waals surface area contributed by atoms with Crippen molar-refractivity contribution >= 4 is 46.9 Å². The van der Waals surface area contributed by atoms with Crippen molar-refractivity contribution in [2.75, 3.05) is 14.2 Å². The van der Waals surface area contributed by atoms with Crippen molar-refractivity contribution in [2.45, 2.75) is 13.2 Å². The van der Waals surface area contributed by atoms with Crippen LogP contribution < -0.4 is 24.4 Å². The van der Waals surface area contributed by atoms with E-state index in [1.807, 2.05) is 30.3 Å². The Morgan fingerprint density at radius 2 is 1.57 bits per heavy atom. The van der Waals surface area contributed by atoms with Gasteiger partial charge in [0.05, 0.1) is 25.5 Å². The summed E-state index contributed by atoms with van der Waals surface area (Å²) >= 11 is 18.6. The van der Waals surface area contributed by atoms with E-state index in [0.29, 0.717) is 55.8 Å². The molecule has 1 amide bonds. The third-order valence-electron chi connectivity index (χ3n) is 5.68. The van der Waals surface area contributed by atoms with Gasteiger partial charge in [-0.05, 0) is 53.6 Å². The minimum absolute atomic E-state index is 0.162. The molecule has 0 saturated heterocycles. The number of carbonyl (C=O) groups is 1. The molecule has 10 heteroatoms. The SMILES string of the molecule is COc1cc(C(=O)N/N=C/c2cc(Cl)c(OCc3ccc(Cl)cc3Cl)c(OC)c2)ccc1OCc1ccccc1. The van der Waals surface area contributed by atoms with Gasteiger partial charge >= 0.3 is 0 Å². The lowest BCUT2D eigenvalue weighted by atomic mass is 10.2. The molecule has 206 valence electrons. The average Bonchev–Trinajstić information content (AvgIpc) is 2.96. The number of methoxy groups -OCH3 is 2. The van der Waals surface area contributed by atoms with Crippen LogP contribution in [0.1, 0.15) is 27.0 Å². The summed E-state index contributed by atoms with van der Waals surface area (Å²) in [4.78, 5) is 12.7. The Labute approximate surface area is 247 Å². The minimum atomic E-state index is -0.429. The molecule has 0 radical (unpaired) electrons. The summed E-state index contributed by atoms with van der Waals surface area (Å²) in [6.45, 7) is 0.535. The van der Waals surface area contributed by atoms with Gasteiger partial charge in [0.2, 0.25) is 0 Å². The van der Waals surface area contributed by atoms with E-state index >= 15 is 0 Å². The Balaban J connectivity index is 1.39. The molecule has 0 heterocycles. The van der Waals surface area contributed by atoms with Gasteiger partial charge in [0.15, 0.2) is 23.0 Å². The van der Waals surface area contributed by atoms with Crippen LogP contribution in [0.4, 0.5) is 0 Å². The first-order valence-corrected chi connectivity index (χ1v) is 13.1. The van der Waals surface area contributed by atoms with Crippen LogP contribution in [-0.4, -0.2) is 26.3 Å². The van der Waals surface area contributed by atoms with E-state index in [0.717, 1.165) is 11.1 Å². The first-order valence-electron chi connectivity index (χ1n) is 12.0. The fourth-order valence-corrected chi connectivity index (χ4v) is 4.37. The molecule has 40 heavy (non-hydrogen) atoms. The molecule has 7 nitrogen and oxygen atoms in total. The fraction of sp³-hybridized carbons (Fsp3) is 0.133. The molecule has 0 saturated carbocycles. The number of benzene rings is 4. The second-order valence-corrected chi connectivity index (χ2v) is 9.65. The monoisotopic (exact) mass is 598 g/mol. The first kappa shape index (κ1) is 29.1. The fourth-order valence-electron chi connectivity index (χ4n) is 3.64. The molecule has 0 aliphatic heterocycles. The van der Waals surface area contributed by atoms with E-state index in [-0.39, 0.29) is 6.61 Å². The van der Waals surface area contributed by atoms with Gasteiger partial charge in [-0.3, -0.25) is 4.79 Å². The third-order valence-corrected chi connectivity index (χ3v) is 6.55. The highest BCUT2D eigenvalue weighted by molar-refractivity contribution is 6.35. The van der Waals surface area contributed by atoms with E-state index in [4.69, 9.17) is 53.8 Å². The van der Waals surface area contributed by atoms with Crippen LogP contribution in [0, 0.1) is 0 Å². The van der Waals surface area contributed by atoms with Gasteiger partial charge in [0.25, 0.3) is 5.91 Å². The normalized spacial score (nSPS) is 10.8. The largest absolute Gasteiger partial charge is 0.493 e. The number of hydrazone groups is 1. The second kappa shape index (κ2) is 13.9. The zero-order valence-corrected chi connectivity index (χ0v) is 23.9. The van der Waals surface area contributed by atoms with Crippen molar-refractivity contribution in [3.63, 3.8) is 0 Å². The Bertz CT molecular complexity index is 1510. The van der Waals surface area contributed by atoms with Crippen LogP contribution in [0.3, 0.4) is 0 Å². The van der Waals surface area contributed by atoms with Crippen LogP contribution in [0.15, 0.2) is 84.0 Å². The summed E-state index contributed by atoms with van der Waals surface area (Å²) in [6.07, 6.45) is 1.45. The van der Waals surface area contributed by atoms with Crippen LogP contribution >= 0.6 is 34.8 Å². The van der Waals surface area contributed by atoms with Crippen LogP contribution in [-0.2, 0) is 13.2 Å². The number of nitrogens with one attached hydrogen (secondary N) is 1. The number of nitrogens with zero attached hydrogens (tertiary/aromatic N) is 1. The van der Waals surface area contributed by atoms with Gasteiger partial charge in [-0.1, -0.05) is 71.2 Å². The van der Waals surface area contributed by atoms with Crippen molar-refractivity contribution in [3.8, 4) is 23.0 Å². The highest BCUT2D eigenvalue weighted by atomic mass is 35.5. The maximum Gasteiger partial charge on any atom is 0.271 e. The molecule has 1 N–H and O–H groups in total. The molecule has 0 aromatic heterocycles. The molecule has 0 spiro atoms. The maximum atomic E-state index is 12.7. The van der Waals surface area contributed by atoms with Crippen molar-refractivity contribution < 1.29 is 23.7 Å². The molecule has 0 unspecified atom stereocenters. The zero-order valence-electron chi connectivity index (χ0n) is 21.6. The molecule has 0 aliphatic carbocycles. The van der Waals surface area contributed by atoms with E-state index < -0.39 is 5.91 Å². The summed E-state index contributed by atoms with van der Waals surface area (Å²) in [5.41, 5.74) is 5.19. The van der Waals surface area contributed by atoms with Crippen LogP contribution in [0.2, 0.25) is 15.1 Å². The summed E-state index contributed by atoms with van der Waals surface area (Å²) < 4.78 is 22.6. The van der Waals surface area contributed by atoms with Crippen molar-refractivity contribution in [2.24, 2.45) is 5.10 Å². The van der Waals surface area contributed by atoms with Gasteiger partial charge in [-0.15, -0.1) is 0 Å². The topological polar surface area (TPSA) is 78.4 Å². The lowest BCUT2D eigenvalue weighted by Gasteiger charge is -2.14. The number of carbonyl (C=O) groups excluding carboxylic acids is 1. The standard InChI is InChI=1S/C30H25Cl3N2O5/c1-37-27-14-21(9-11-26(27)39-17-19-6-4-3-5-7-19)30(36)35-34-16-20-12-25(33)29(28(13-20)38-2)40-18-22-8-10-23(31)15-24(22)32/h3-16H,17-18H2,1-2H3,(H,35,36)/b34-16+. The molecule has 4 aromatic carbocycles. The van der Waals surface area contributed by atoms with Gasteiger partial charge < -0.3 is 18.9 Å². The van der Waals surface area contributed by atoms with Gasteiger partial charge in [0.1, 0.15) is 13.2 Å². The first-order chi connectivity index (χ1) is 19.4. The Hall–Kier alpha value is -3.91. The summed E-state index contributed by atoms with van der Waals surface area (Å²) in [6, 6.07) is 23.1. The Kier molecular flexibility index (Phi) is 10.1. The van der Waals surface area contributed by atoms with Gasteiger partial charge in [-0.2, -0.15) is 5.10 Å². The molecular weight excluding hydrogens is 575 g/mol. The Morgan fingerprint density at radius 3 is 2.30 bits per heavy atom. The third kappa shape index (κ3) is 7.60. The molecular formula is C30H25Cl3N2O5. The van der Waals surface area contributed by atoms with E-state index in [2.05, 4.69) is 10.5 Å². The second-order valence-electron chi connectivity index (χ2n) is 8.40. The van der Waals surface area contributed by atoms with E-state index in [1.165, 1.54) is 20.4 Å². The minimum Gasteiger partial charge on any atom is -0.493 e. The van der Waals surface area contributed by atoms with Crippen molar-refractivity contribution in [3.05, 3.63) is 116 Å². The number of rotatable bonds is 11. The molecule has 4 aromatic rings. The molecule has 0 aliphatic rings. The van der Waals surface area contributed by atoms with Crippen LogP contribution in [0.25, 0.3) is 0 Å². The van der Waals surface area contributed by atoms with Crippen molar-refractivity contribution in [1.29, 1.82) is 0 Å². The predicted molar refractivity (Wildman–Crippen MR) is 158 cm³/mol. The van der Waals surface area contributed by atoms with Crippen LogP contribution in [0.5, 0.6) is 23.0 Å². The summed E-state index contributed by atoms with van der Waals surface area (Å²) in [7, 11) is 3.01. The highest BCUT2D eigenvalue weighted by Crippen LogP contribution is 2.37. The summed E-state index contributed by atoms with van der Waals surface area (Å²) in [5.74, 6) is 1.26. The quantitative estimate of drug-likeness (QED) is 0.142. The molecule has 4 rings (SSSR count). The predicted octanol–water partition coefficient (Wildman–Crippen LogP) is 7.59. The summed E-state index contributed by atoms with van der Waals surface area (Å²) in [5, 5.41) is 5.36. The number of amides is 1. The molecule has 0 bridgehead atoms.